The van der Waals surface area contributed by atoms with Crippen molar-refractivity contribution in [2.24, 2.45) is 0 Å². The van der Waals surface area contributed by atoms with E-state index in [2.05, 4.69) is 16.0 Å². The Bertz CT molecular complexity index is 469. The van der Waals surface area contributed by atoms with E-state index in [0.29, 0.717) is 0 Å². The molecule has 0 bridgehead atoms. The predicted octanol–water partition coefficient (Wildman–Crippen LogP) is 1.86. The minimum atomic E-state index is -0.630. The molecule has 0 saturated carbocycles. The number of urea groups is 1. The number of nitrogens with one attached hydrogen (secondary N) is 3. The second-order valence-corrected chi connectivity index (χ2v) is 5.09. The number of hydrogen-bond donors (Lipinski definition) is 3. The van der Waals surface area contributed by atoms with Crippen molar-refractivity contribution < 1.29 is 14.0 Å². The number of carbonyl (C=O) groups excluding carboxylic acids is 2. The molecule has 0 radical (unpaired) electrons. The normalized spacial score (nSPS) is 10.7. The van der Waals surface area contributed by atoms with E-state index < -0.39 is 11.8 Å². The van der Waals surface area contributed by atoms with Crippen molar-refractivity contribution in [2.45, 2.75) is 26.3 Å². The maximum atomic E-state index is 13.2. The Morgan fingerprint density at radius 1 is 1.21 bits per heavy atom. The van der Waals surface area contributed by atoms with Crippen LogP contribution < -0.4 is 16.0 Å². The highest BCUT2D eigenvalue weighted by atomic mass is 19.1. The van der Waals surface area contributed by atoms with E-state index in [0.717, 1.165) is 0 Å². The lowest BCUT2D eigenvalue weighted by Gasteiger charge is -2.20. The Morgan fingerprint density at radius 3 is 2.42 bits per heavy atom. The van der Waals surface area contributed by atoms with Gasteiger partial charge in [0.05, 0.1) is 12.2 Å². The van der Waals surface area contributed by atoms with Crippen LogP contribution in [0.1, 0.15) is 20.8 Å². The molecule has 0 atom stereocenters. The van der Waals surface area contributed by atoms with E-state index in [-0.39, 0.29) is 23.7 Å². The van der Waals surface area contributed by atoms with Crippen molar-refractivity contribution >= 4 is 17.6 Å². The van der Waals surface area contributed by atoms with Crippen LogP contribution in [0.3, 0.4) is 0 Å². The van der Waals surface area contributed by atoms with Crippen molar-refractivity contribution in [3.8, 4) is 0 Å². The van der Waals surface area contributed by atoms with Gasteiger partial charge >= 0.3 is 6.03 Å². The van der Waals surface area contributed by atoms with Gasteiger partial charge in [-0.1, -0.05) is 12.1 Å². The summed E-state index contributed by atoms with van der Waals surface area (Å²) in [5.41, 5.74) is -0.294. The van der Waals surface area contributed by atoms with Crippen molar-refractivity contribution in [1.82, 2.24) is 10.6 Å². The smallest absolute Gasteiger partial charge is 0.319 e. The van der Waals surface area contributed by atoms with E-state index in [1.165, 1.54) is 18.2 Å². The van der Waals surface area contributed by atoms with Crippen LogP contribution in [-0.4, -0.2) is 24.0 Å². The molecule has 0 aliphatic carbocycles. The molecule has 5 nitrogen and oxygen atoms in total. The van der Waals surface area contributed by atoms with Gasteiger partial charge < -0.3 is 16.0 Å². The zero-order valence-electron chi connectivity index (χ0n) is 11.2. The Balaban J connectivity index is 2.41. The number of halogens is 1. The summed E-state index contributed by atoms with van der Waals surface area (Å²) in [5.74, 6) is -0.840. The number of carbonyl (C=O) groups is 2. The van der Waals surface area contributed by atoms with Gasteiger partial charge in [-0.2, -0.15) is 0 Å². The fraction of sp³-hybridized carbons (Fsp3) is 0.385. The van der Waals surface area contributed by atoms with Crippen molar-refractivity contribution in [2.75, 3.05) is 11.9 Å². The quantitative estimate of drug-likeness (QED) is 0.782. The summed E-state index contributed by atoms with van der Waals surface area (Å²) in [6, 6.07) is 5.17. The molecule has 0 aromatic heterocycles. The van der Waals surface area contributed by atoms with E-state index in [1.54, 1.807) is 6.07 Å². The van der Waals surface area contributed by atoms with Gasteiger partial charge in [-0.15, -0.1) is 0 Å². The summed E-state index contributed by atoms with van der Waals surface area (Å²) in [4.78, 5) is 22.9. The van der Waals surface area contributed by atoms with Gasteiger partial charge in [-0.3, -0.25) is 4.79 Å². The summed E-state index contributed by atoms with van der Waals surface area (Å²) in [5, 5.41) is 7.37. The van der Waals surface area contributed by atoms with E-state index in [4.69, 9.17) is 0 Å². The molecule has 1 aromatic rings. The lowest BCUT2D eigenvalue weighted by Crippen LogP contribution is -2.46. The Labute approximate surface area is 111 Å². The molecular formula is C13H18FN3O2. The van der Waals surface area contributed by atoms with E-state index >= 15 is 0 Å². The highest BCUT2D eigenvalue weighted by Crippen LogP contribution is 2.11. The van der Waals surface area contributed by atoms with Crippen LogP contribution in [0.25, 0.3) is 0 Å². The van der Waals surface area contributed by atoms with Gasteiger partial charge in [0, 0.05) is 5.54 Å². The van der Waals surface area contributed by atoms with Crippen LogP contribution in [0.15, 0.2) is 24.3 Å². The van der Waals surface area contributed by atoms with Crippen LogP contribution in [-0.2, 0) is 4.79 Å². The van der Waals surface area contributed by atoms with Crippen molar-refractivity contribution in [1.29, 1.82) is 0 Å². The van der Waals surface area contributed by atoms with Gasteiger partial charge in [0.25, 0.3) is 0 Å². The summed E-state index contributed by atoms with van der Waals surface area (Å²) in [6.07, 6.45) is 0. The Hall–Kier alpha value is -2.11. The van der Waals surface area contributed by atoms with Gasteiger partial charge in [0.2, 0.25) is 5.91 Å². The average Bonchev–Trinajstić information content (AvgIpc) is 2.27. The van der Waals surface area contributed by atoms with Crippen LogP contribution in [0.4, 0.5) is 14.9 Å². The van der Waals surface area contributed by atoms with Crippen LogP contribution in [0.5, 0.6) is 0 Å². The fourth-order valence-corrected chi connectivity index (χ4v) is 1.35. The summed E-state index contributed by atoms with van der Waals surface area (Å²) in [7, 11) is 0. The minimum absolute atomic E-state index is 0.0660. The highest BCUT2D eigenvalue weighted by molar-refractivity contribution is 5.92. The largest absolute Gasteiger partial charge is 0.350 e. The standard InChI is InChI=1S/C13H18FN3O2/c1-13(2,3)17-11(18)8-15-12(19)16-10-7-5-4-6-9(10)14/h4-7H,8H2,1-3H3,(H,17,18)(H2,15,16,19). The first kappa shape index (κ1) is 14.9. The lowest BCUT2D eigenvalue weighted by atomic mass is 10.1. The number of amides is 3. The maximum Gasteiger partial charge on any atom is 0.319 e. The lowest BCUT2D eigenvalue weighted by molar-refractivity contribution is -0.121. The van der Waals surface area contributed by atoms with Crippen LogP contribution >= 0.6 is 0 Å². The molecule has 104 valence electrons. The van der Waals surface area contributed by atoms with Gasteiger partial charge in [0.1, 0.15) is 5.82 Å². The SMILES string of the molecule is CC(C)(C)NC(=O)CNC(=O)Nc1ccccc1F. The monoisotopic (exact) mass is 267 g/mol. The van der Waals surface area contributed by atoms with E-state index in [1.807, 2.05) is 20.8 Å². The third kappa shape index (κ3) is 5.85. The van der Waals surface area contributed by atoms with Gasteiger partial charge in [-0.05, 0) is 32.9 Å². The second-order valence-electron chi connectivity index (χ2n) is 5.09. The van der Waals surface area contributed by atoms with Gasteiger partial charge in [0.15, 0.2) is 0 Å². The molecule has 0 unspecified atom stereocenters. The summed E-state index contributed by atoms with van der Waals surface area (Å²) < 4.78 is 13.2. The predicted molar refractivity (Wildman–Crippen MR) is 71.3 cm³/mol. The summed E-state index contributed by atoms with van der Waals surface area (Å²) in [6.45, 7) is 5.34. The van der Waals surface area contributed by atoms with Crippen molar-refractivity contribution in [3.63, 3.8) is 0 Å². The number of para-hydroxylation sites is 1. The van der Waals surface area contributed by atoms with Crippen LogP contribution in [0.2, 0.25) is 0 Å². The Morgan fingerprint density at radius 2 is 1.84 bits per heavy atom. The third-order valence-corrected chi connectivity index (χ3v) is 2.05. The molecule has 1 rings (SSSR count). The molecule has 6 heteroatoms. The molecule has 3 amide bonds. The number of hydrogen-bond acceptors (Lipinski definition) is 2. The fourth-order valence-electron chi connectivity index (χ4n) is 1.35. The van der Waals surface area contributed by atoms with E-state index in [9.17, 15) is 14.0 Å². The first-order chi connectivity index (χ1) is 8.78. The highest BCUT2D eigenvalue weighted by Gasteiger charge is 2.14. The molecule has 0 spiro atoms. The maximum absolute atomic E-state index is 13.2. The first-order valence-corrected chi connectivity index (χ1v) is 5.88. The topological polar surface area (TPSA) is 70.2 Å². The van der Waals surface area contributed by atoms with Gasteiger partial charge in [-0.25, -0.2) is 9.18 Å². The number of rotatable bonds is 3. The molecule has 0 saturated heterocycles. The molecule has 1 aromatic carbocycles. The van der Waals surface area contributed by atoms with Crippen LogP contribution in [0, 0.1) is 5.82 Å². The molecule has 0 aliphatic rings. The molecular weight excluding hydrogens is 249 g/mol. The third-order valence-electron chi connectivity index (χ3n) is 2.05. The first-order valence-electron chi connectivity index (χ1n) is 5.88. The minimum Gasteiger partial charge on any atom is -0.350 e. The second kappa shape index (κ2) is 6.17. The van der Waals surface area contributed by atoms with Crippen molar-refractivity contribution in [3.05, 3.63) is 30.1 Å². The summed E-state index contributed by atoms with van der Waals surface area (Å²) >= 11 is 0. The zero-order valence-corrected chi connectivity index (χ0v) is 11.2. The Kier molecular flexibility index (Phi) is 4.86. The zero-order chi connectivity index (χ0) is 14.5. The molecule has 0 fully saturated rings. The number of anilines is 1. The molecule has 3 N–H and O–H groups in total. The molecule has 0 heterocycles. The molecule has 19 heavy (non-hydrogen) atoms. The molecule has 0 aliphatic heterocycles. The number of benzene rings is 1. The average molecular weight is 267 g/mol.